The molecule has 0 aromatic heterocycles. The Bertz CT molecular complexity index is 587. The summed E-state index contributed by atoms with van der Waals surface area (Å²) in [6.07, 6.45) is 2.67. The van der Waals surface area contributed by atoms with Gasteiger partial charge in [-0.15, -0.1) is 0 Å². The lowest BCUT2D eigenvalue weighted by atomic mass is 9.98. The molecule has 92 valence electrons. The van der Waals surface area contributed by atoms with Crippen LogP contribution in [0.2, 0.25) is 0 Å². The van der Waals surface area contributed by atoms with Crippen LogP contribution < -0.4 is 0 Å². The van der Waals surface area contributed by atoms with E-state index in [4.69, 9.17) is 10.5 Å². The van der Waals surface area contributed by atoms with Crippen molar-refractivity contribution in [1.29, 1.82) is 10.5 Å². The van der Waals surface area contributed by atoms with Gasteiger partial charge >= 0.3 is 0 Å². The van der Waals surface area contributed by atoms with Crippen molar-refractivity contribution in [3.63, 3.8) is 0 Å². The van der Waals surface area contributed by atoms with Gasteiger partial charge in [0.1, 0.15) is 0 Å². The maximum absolute atomic E-state index is 9.02. The molecule has 2 rings (SSSR count). The first-order chi connectivity index (χ1) is 9.35. The van der Waals surface area contributed by atoms with Gasteiger partial charge in [0, 0.05) is 0 Å². The molecule has 0 saturated heterocycles. The maximum Gasteiger partial charge on any atom is 0.0994 e. The van der Waals surface area contributed by atoms with E-state index in [1.54, 1.807) is 0 Å². The van der Waals surface area contributed by atoms with Crippen LogP contribution in [0.5, 0.6) is 0 Å². The Morgan fingerprint density at radius 2 is 1.11 bits per heavy atom. The van der Waals surface area contributed by atoms with E-state index in [0.29, 0.717) is 0 Å². The van der Waals surface area contributed by atoms with Crippen LogP contribution in [-0.4, -0.2) is 0 Å². The van der Waals surface area contributed by atoms with E-state index in [9.17, 15) is 0 Å². The van der Waals surface area contributed by atoms with Crippen LogP contribution in [0.15, 0.2) is 48.5 Å². The third-order valence-corrected chi connectivity index (χ3v) is 3.17. The lowest BCUT2D eigenvalue weighted by Gasteiger charge is -2.05. The molecule has 19 heavy (non-hydrogen) atoms. The topological polar surface area (TPSA) is 47.6 Å². The van der Waals surface area contributed by atoms with E-state index in [0.717, 1.165) is 41.5 Å². The summed E-state index contributed by atoms with van der Waals surface area (Å²) in [5.41, 5.74) is 3.66. The fraction of sp³-hybridized carbons (Fsp3) is 0.176. The number of rotatable bonds is 4. The van der Waals surface area contributed by atoms with Crippen molar-refractivity contribution in [1.82, 2.24) is 0 Å². The third kappa shape index (κ3) is 3.21. The molecule has 0 aliphatic carbocycles. The highest BCUT2D eigenvalue weighted by Gasteiger charge is 2.03. The average Bonchev–Trinajstić information content (AvgIpc) is 2.48. The van der Waals surface area contributed by atoms with Gasteiger partial charge in [0.05, 0.1) is 23.3 Å². The van der Waals surface area contributed by atoms with Crippen molar-refractivity contribution < 1.29 is 0 Å². The molecule has 0 atom stereocenters. The Hall–Kier alpha value is -2.58. The predicted molar refractivity (Wildman–Crippen MR) is 74.3 cm³/mol. The second-order valence-electron chi connectivity index (χ2n) is 4.39. The van der Waals surface area contributed by atoms with Gasteiger partial charge in [-0.25, -0.2) is 0 Å². The van der Waals surface area contributed by atoms with Crippen LogP contribution >= 0.6 is 0 Å². The fourth-order valence-corrected chi connectivity index (χ4v) is 2.16. The Morgan fingerprint density at radius 1 is 0.684 bits per heavy atom. The van der Waals surface area contributed by atoms with Crippen molar-refractivity contribution in [3.05, 3.63) is 70.8 Å². The molecule has 0 fully saturated rings. The molecule has 0 N–H and O–H groups in total. The molecule has 2 heteroatoms. The second-order valence-corrected chi connectivity index (χ2v) is 4.39. The zero-order valence-electron chi connectivity index (χ0n) is 10.6. The molecule has 2 aromatic carbocycles. The summed E-state index contributed by atoms with van der Waals surface area (Å²) in [6, 6.07) is 19.8. The summed E-state index contributed by atoms with van der Waals surface area (Å²) < 4.78 is 0. The monoisotopic (exact) mass is 246 g/mol. The SMILES string of the molecule is N#Cc1ccccc1CCCc1ccccc1C#N. The van der Waals surface area contributed by atoms with Crippen LogP contribution in [0.4, 0.5) is 0 Å². The van der Waals surface area contributed by atoms with Crippen molar-refractivity contribution >= 4 is 0 Å². The van der Waals surface area contributed by atoms with Gasteiger partial charge in [0.2, 0.25) is 0 Å². The first-order valence-electron chi connectivity index (χ1n) is 6.31. The molecular formula is C17H14N2. The summed E-state index contributed by atoms with van der Waals surface area (Å²) in [5.74, 6) is 0. The summed E-state index contributed by atoms with van der Waals surface area (Å²) >= 11 is 0. The molecule has 0 radical (unpaired) electrons. The Kier molecular flexibility index (Phi) is 4.32. The molecular weight excluding hydrogens is 232 g/mol. The van der Waals surface area contributed by atoms with Gasteiger partial charge in [-0.05, 0) is 42.5 Å². The predicted octanol–water partition coefficient (Wildman–Crippen LogP) is 3.61. The van der Waals surface area contributed by atoms with Gasteiger partial charge in [-0.1, -0.05) is 36.4 Å². The van der Waals surface area contributed by atoms with E-state index in [1.165, 1.54) is 0 Å². The number of aryl methyl sites for hydroxylation is 2. The molecule has 0 saturated carbocycles. The quantitative estimate of drug-likeness (QED) is 0.827. The zero-order chi connectivity index (χ0) is 13.5. The zero-order valence-corrected chi connectivity index (χ0v) is 10.6. The lowest BCUT2D eigenvalue weighted by molar-refractivity contribution is 0.817. The number of benzene rings is 2. The minimum absolute atomic E-state index is 0.746. The van der Waals surface area contributed by atoms with Gasteiger partial charge in [0.15, 0.2) is 0 Å². The maximum atomic E-state index is 9.02. The van der Waals surface area contributed by atoms with Gasteiger partial charge in [0.25, 0.3) is 0 Å². The lowest BCUT2D eigenvalue weighted by Crippen LogP contribution is -1.95. The molecule has 0 unspecified atom stereocenters. The first kappa shape index (κ1) is 12.9. The van der Waals surface area contributed by atoms with E-state index in [2.05, 4.69) is 12.1 Å². The fourth-order valence-electron chi connectivity index (χ4n) is 2.16. The van der Waals surface area contributed by atoms with Crippen LogP contribution in [0.3, 0.4) is 0 Å². The molecule has 0 aliphatic rings. The average molecular weight is 246 g/mol. The molecule has 0 aliphatic heterocycles. The molecule has 0 heterocycles. The van der Waals surface area contributed by atoms with Crippen LogP contribution in [0.25, 0.3) is 0 Å². The van der Waals surface area contributed by atoms with Crippen molar-refractivity contribution in [3.8, 4) is 12.1 Å². The molecule has 0 amide bonds. The molecule has 0 bridgehead atoms. The molecule has 0 spiro atoms. The van der Waals surface area contributed by atoms with E-state index in [1.807, 2.05) is 48.5 Å². The largest absolute Gasteiger partial charge is 0.192 e. The number of nitriles is 2. The van der Waals surface area contributed by atoms with Crippen LogP contribution in [-0.2, 0) is 12.8 Å². The highest BCUT2D eigenvalue weighted by molar-refractivity contribution is 5.39. The summed E-state index contributed by atoms with van der Waals surface area (Å²) in [4.78, 5) is 0. The van der Waals surface area contributed by atoms with Gasteiger partial charge in [-0.3, -0.25) is 0 Å². The minimum Gasteiger partial charge on any atom is -0.192 e. The van der Waals surface area contributed by atoms with E-state index >= 15 is 0 Å². The summed E-state index contributed by atoms with van der Waals surface area (Å²) in [7, 11) is 0. The number of nitrogens with zero attached hydrogens (tertiary/aromatic N) is 2. The normalized spacial score (nSPS) is 9.58. The Balaban J connectivity index is 2.01. The molecule has 2 nitrogen and oxygen atoms in total. The standard InChI is InChI=1S/C17H14N2/c18-12-16-8-3-1-6-14(16)10-5-11-15-7-2-4-9-17(15)13-19/h1-4,6-9H,5,10-11H2. The van der Waals surface area contributed by atoms with Gasteiger partial charge in [-0.2, -0.15) is 10.5 Å². The summed E-state index contributed by atoms with van der Waals surface area (Å²) in [6.45, 7) is 0. The Morgan fingerprint density at radius 3 is 1.53 bits per heavy atom. The minimum atomic E-state index is 0.746. The van der Waals surface area contributed by atoms with E-state index < -0.39 is 0 Å². The smallest absolute Gasteiger partial charge is 0.0994 e. The highest BCUT2D eigenvalue weighted by Crippen LogP contribution is 2.14. The highest BCUT2D eigenvalue weighted by atomic mass is 14.2. The second kappa shape index (κ2) is 6.38. The molecule has 2 aromatic rings. The number of hydrogen-bond donors (Lipinski definition) is 0. The van der Waals surface area contributed by atoms with Gasteiger partial charge < -0.3 is 0 Å². The van der Waals surface area contributed by atoms with Crippen LogP contribution in [0.1, 0.15) is 28.7 Å². The Labute approximate surface area is 113 Å². The third-order valence-electron chi connectivity index (χ3n) is 3.17. The summed E-state index contributed by atoms with van der Waals surface area (Å²) in [5, 5.41) is 18.0. The van der Waals surface area contributed by atoms with Crippen LogP contribution in [0, 0.1) is 22.7 Å². The van der Waals surface area contributed by atoms with E-state index in [-0.39, 0.29) is 0 Å². The van der Waals surface area contributed by atoms with Crippen molar-refractivity contribution in [2.75, 3.05) is 0 Å². The number of hydrogen-bond acceptors (Lipinski definition) is 2. The first-order valence-corrected chi connectivity index (χ1v) is 6.31. The van der Waals surface area contributed by atoms with Crippen molar-refractivity contribution in [2.24, 2.45) is 0 Å². The van der Waals surface area contributed by atoms with Crippen molar-refractivity contribution in [2.45, 2.75) is 19.3 Å².